The summed E-state index contributed by atoms with van der Waals surface area (Å²) < 4.78 is 0. The fourth-order valence-corrected chi connectivity index (χ4v) is 228. The van der Waals surface area contributed by atoms with Crippen molar-refractivity contribution in [1.82, 2.24) is 0 Å². The highest BCUT2D eigenvalue weighted by atomic mass is 35.6. The van der Waals surface area contributed by atoms with Crippen LogP contribution >= 0.6 is 11.1 Å². The van der Waals surface area contributed by atoms with Crippen LogP contribution in [0.4, 0.5) is 0 Å². The van der Waals surface area contributed by atoms with Gasteiger partial charge in [-0.3, -0.25) is 0 Å². The molecule has 0 aromatic rings. The third-order valence-corrected chi connectivity index (χ3v) is 152. The fraction of sp³-hybridized carbons (Fsp3) is 1.00. The quantitative estimate of drug-likeness (QED) is 0.451. The van der Waals surface area contributed by atoms with Gasteiger partial charge in [0.25, 0.3) is 0 Å². The van der Waals surface area contributed by atoms with Gasteiger partial charge in [-0.25, -0.2) is 0 Å². The molecule has 0 spiro atoms. The minimum atomic E-state index is -1.12. The maximum atomic E-state index is 7.21. The lowest BCUT2D eigenvalue weighted by atomic mass is 11.9. The van der Waals surface area contributed by atoms with Crippen LogP contribution in [0.1, 0.15) is 0 Å². The molecule has 0 unspecified atom stereocenters. The first-order valence-corrected chi connectivity index (χ1v) is 30.2. The number of halogens is 1. The van der Waals surface area contributed by atoms with Crippen LogP contribution in [0.25, 0.3) is 0 Å². The van der Waals surface area contributed by atoms with Gasteiger partial charge in [0.15, 0.2) is 0 Å². The van der Waals surface area contributed by atoms with E-state index in [1.807, 2.05) is 0 Å². The van der Waals surface area contributed by atoms with Crippen LogP contribution in [0.2, 0.25) is 65.5 Å². The largest absolute Gasteiger partial charge is 0.177 e. The molecule has 0 amide bonds. The Hall–Kier alpha value is 1.59. The number of rotatable bonds is 0. The molecule has 0 N–H and O–H groups in total. The molecule has 1 radical (unpaired) electrons. The van der Waals surface area contributed by atoms with Crippen LogP contribution in [0.15, 0.2) is 0 Å². The van der Waals surface area contributed by atoms with Gasteiger partial charge in [0.05, 0.1) is 0 Å². The number of hydrogen-bond acceptors (Lipinski definition) is 0. The summed E-state index contributed by atoms with van der Waals surface area (Å²) in [4.78, 5) is 0. The molecule has 0 aromatic heterocycles. The van der Waals surface area contributed by atoms with Gasteiger partial charge in [0.2, 0.25) is 0 Å². The summed E-state index contributed by atoms with van der Waals surface area (Å²) in [5.74, 6) is 0. The third kappa shape index (κ3) is 1.74. The summed E-state index contributed by atoms with van der Waals surface area (Å²) in [5.41, 5.74) is 0. The van der Waals surface area contributed by atoms with E-state index in [1.54, 1.807) is 0 Å². The van der Waals surface area contributed by atoms with Crippen LogP contribution in [-0.2, 0) is 0 Å². The van der Waals surface area contributed by atoms with E-state index < -0.39 is 42.7 Å². The van der Waals surface area contributed by atoms with Gasteiger partial charge in [-0.05, 0) is 0 Å². The van der Waals surface area contributed by atoms with Gasteiger partial charge in [-0.1, -0.05) is 65.5 Å². The summed E-state index contributed by atoms with van der Waals surface area (Å²) in [5, 5.41) is 0. The first kappa shape index (κ1) is 16.6. The SMILES string of the molecule is C[Si]1(C)[Si](Cl)[Si](C)(C)[Si](C)(C)[Si](C)(C)[Si]1(C)C. The lowest BCUT2D eigenvalue weighted by Crippen LogP contribution is -2.96. The molecule has 1 rings (SSSR count). The van der Waals surface area contributed by atoms with Crippen molar-refractivity contribution in [3.05, 3.63) is 0 Å². The molecule has 0 aromatic carbocycles. The Morgan fingerprint density at radius 2 is 0.765 bits per heavy atom. The predicted octanol–water partition coefficient (Wildman–Crippen LogP) is 4.24. The summed E-state index contributed by atoms with van der Waals surface area (Å²) in [7, 11) is -5.86. The van der Waals surface area contributed by atoms with Crippen LogP contribution in [0.3, 0.4) is 0 Å². The van der Waals surface area contributed by atoms with Crippen molar-refractivity contribution in [3.63, 3.8) is 0 Å². The molecule has 101 valence electrons. The van der Waals surface area contributed by atoms with E-state index in [2.05, 4.69) is 65.5 Å². The molecular formula is C10H30ClSi6. The summed E-state index contributed by atoms with van der Waals surface area (Å²) in [6, 6.07) is 0. The Kier molecular flexibility index (Phi) is 3.96. The smallest absolute Gasteiger partial charge is 0.137 e. The van der Waals surface area contributed by atoms with Gasteiger partial charge >= 0.3 is 0 Å². The van der Waals surface area contributed by atoms with E-state index in [0.29, 0.717) is 0 Å². The molecule has 0 bridgehead atoms. The third-order valence-electron chi connectivity index (χ3n) is 7.35. The van der Waals surface area contributed by atoms with Gasteiger partial charge in [0.1, 0.15) is 7.14 Å². The van der Waals surface area contributed by atoms with Crippen molar-refractivity contribution in [1.29, 1.82) is 0 Å². The summed E-state index contributed by atoms with van der Waals surface area (Å²) >= 11 is 7.21. The highest BCUT2D eigenvalue weighted by molar-refractivity contribution is 8.14. The molecule has 0 saturated carbocycles. The molecule has 7 heteroatoms. The van der Waals surface area contributed by atoms with E-state index in [-0.39, 0.29) is 0 Å². The van der Waals surface area contributed by atoms with E-state index in [1.165, 1.54) is 0 Å². The van der Waals surface area contributed by atoms with Crippen molar-refractivity contribution < 1.29 is 0 Å². The fourth-order valence-electron chi connectivity index (χ4n) is 3.67. The average Bonchev–Trinajstić information content (AvgIpc) is 2.13. The number of hydrogen-bond donors (Lipinski definition) is 0. The zero-order valence-corrected chi connectivity index (χ0v) is 20.1. The van der Waals surface area contributed by atoms with Crippen LogP contribution in [0.5, 0.6) is 0 Å². The Balaban J connectivity index is 3.56. The van der Waals surface area contributed by atoms with Gasteiger partial charge in [-0.15, -0.1) is 0 Å². The zero-order valence-electron chi connectivity index (χ0n) is 13.4. The second kappa shape index (κ2) is 4.05. The van der Waals surface area contributed by atoms with Gasteiger partial charge < -0.3 is 0 Å². The first-order chi connectivity index (χ1) is 7.15. The minimum Gasteiger partial charge on any atom is -0.177 e. The van der Waals surface area contributed by atoms with Crippen molar-refractivity contribution in [2.45, 2.75) is 65.5 Å². The van der Waals surface area contributed by atoms with Crippen LogP contribution in [0, 0.1) is 0 Å². The molecule has 1 aliphatic heterocycles. The lowest BCUT2D eigenvalue weighted by molar-refractivity contribution is 1.76. The van der Waals surface area contributed by atoms with Crippen molar-refractivity contribution >= 4 is 53.8 Å². The van der Waals surface area contributed by atoms with E-state index in [9.17, 15) is 0 Å². The topological polar surface area (TPSA) is 0 Å². The molecule has 0 atom stereocenters. The monoisotopic (exact) mass is 353 g/mol. The highest BCUT2D eigenvalue weighted by Crippen LogP contribution is 2.47. The lowest BCUT2D eigenvalue weighted by Gasteiger charge is -2.67. The molecule has 0 aliphatic carbocycles. The average molecular weight is 354 g/mol. The predicted molar refractivity (Wildman–Crippen MR) is 99.0 cm³/mol. The Bertz CT molecular complexity index is 304. The molecule has 1 aliphatic rings. The first-order valence-electron chi connectivity index (χ1n) is 6.69. The molecule has 1 heterocycles. The van der Waals surface area contributed by atoms with Crippen molar-refractivity contribution in [2.24, 2.45) is 0 Å². The molecule has 0 nitrogen and oxygen atoms in total. The molecular weight excluding hydrogens is 324 g/mol. The van der Waals surface area contributed by atoms with Gasteiger partial charge in [-0.2, -0.15) is 11.1 Å². The highest BCUT2D eigenvalue weighted by Gasteiger charge is 2.72. The van der Waals surface area contributed by atoms with Crippen LogP contribution < -0.4 is 0 Å². The standard InChI is InChI=1S/C10H30ClSi6/c1-13(2)12(11)14(3,4)16(7,8)17(9,10)15(13,5)6/h1-10H3. The maximum Gasteiger partial charge on any atom is 0.137 e. The van der Waals surface area contributed by atoms with E-state index >= 15 is 0 Å². The zero-order chi connectivity index (χ0) is 14.1. The van der Waals surface area contributed by atoms with E-state index in [0.717, 1.165) is 0 Å². The van der Waals surface area contributed by atoms with Gasteiger partial charge in [0, 0.05) is 35.5 Å². The molecule has 17 heavy (non-hydrogen) atoms. The van der Waals surface area contributed by atoms with E-state index in [4.69, 9.17) is 11.1 Å². The molecule has 1 saturated heterocycles. The normalized spacial score (nSPS) is 33.4. The molecule has 1 fully saturated rings. The summed E-state index contributed by atoms with van der Waals surface area (Å²) in [6.07, 6.45) is 0. The second-order valence-corrected chi connectivity index (χ2v) is 77.9. The Morgan fingerprint density at radius 3 is 1.00 bits per heavy atom. The Labute approximate surface area is 119 Å². The van der Waals surface area contributed by atoms with Crippen LogP contribution in [-0.4, -0.2) is 42.7 Å². The Morgan fingerprint density at radius 1 is 0.529 bits per heavy atom. The summed E-state index contributed by atoms with van der Waals surface area (Å²) in [6.45, 7) is 27.2. The second-order valence-electron chi connectivity index (χ2n) is 8.44. The maximum absolute atomic E-state index is 7.21. The minimum absolute atomic E-state index is 0.521. The van der Waals surface area contributed by atoms with Crippen molar-refractivity contribution in [2.75, 3.05) is 0 Å². The van der Waals surface area contributed by atoms with Crippen molar-refractivity contribution in [3.8, 4) is 0 Å².